The van der Waals surface area contributed by atoms with E-state index in [1.807, 2.05) is 36.9 Å². The molecule has 2 fully saturated rings. The zero-order chi connectivity index (χ0) is 17.2. The Labute approximate surface area is 144 Å². The Morgan fingerprint density at radius 2 is 1.75 bits per heavy atom. The van der Waals surface area contributed by atoms with E-state index in [1.54, 1.807) is 0 Å². The molecule has 1 N–H and O–H groups in total. The van der Waals surface area contributed by atoms with Crippen molar-refractivity contribution >= 4 is 17.5 Å². The first kappa shape index (κ1) is 16.8. The van der Waals surface area contributed by atoms with Gasteiger partial charge in [0.15, 0.2) is 0 Å². The average Bonchev–Trinajstić information content (AvgIpc) is 3.44. The van der Waals surface area contributed by atoms with Gasteiger partial charge in [0, 0.05) is 37.9 Å². The Morgan fingerprint density at radius 1 is 1.12 bits per heavy atom. The lowest BCUT2D eigenvalue weighted by Gasteiger charge is -2.37. The first-order chi connectivity index (χ1) is 11.6. The van der Waals surface area contributed by atoms with Gasteiger partial charge in [0.05, 0.1) is 0 Å². The minimum atomic E-state index is -0.779. The molecule has 0 radical (unpaired) electrons. The number of para-hydroxylation sites is 1. The van der Waals surface area contributed by atoms with E-state index in [-0.39, 0.29) is 17.9 Å². The quantitative estimate of drug-likeness (QED) is 0.841. The summed E-state index contributed by atoms with van der Waals surface area (Å²) in [4.78, 5) is 29.6. The molecular formula is C19H27N3O2. The van der Waals surface area contributed by atoms with E-state index in [0.29, 0.717) is 25.9 Å². The molecule has 2 aliphatic rings. The molecule has 1 unspecified atom stereocenters. The lowest BCUT2D eigenvalue weighted by molar-refractivity contribution is -0.144. The van der Waals surface area contributed by atoms with E-state index < -0.39 is 5.41 Å². The van der Waals surface area contributed by atoms with E-state index in [4.69, 9.17) is 0 Å². The van der Waals surface area contributed by atoms with E-state index in [9.17, 15) is 9.59 Å². The van der Waals surface area contributed by atoms with E-state index in [0.717, 1.165) is 19.5 Å². The molecule has 1 aromatic rings. The topological polar surface area (TPSA) is 52.7 Å². The van der Waals surface area contributed by atoms with Gasteiger partial charge in [-0.25, -0.2) is 0 Å². The summed E-state index contributed by atoms with van der Waals surface area (Å²) in [5, 5.41) is 2.99. The van der Waals surface area contributed by atoms with Gasteiger partial charge in [0.25, 0.3) is 0 Å². The molecule has 24 heavy (non-hydrogen) atoms. The number of rotatable bonds is 5. The van der Waals surface area contributed by atoms with Crippen molar-refractivity contribution in [3.8, 4) is 0 Å². The molecule has 5 nitrogen and oxygen atoms in total. The van der Waals surface area contributed by atoms with Crippen molar-refractivity contribution < 1.29 is 9.59 Å². The predicted molar refractivity (Wildman–Crippen MR) is 94.8 cm³/mol. The highest BCUT2D eigenvalue weighted by atomic mass is 16.2. The SMILES string of the molecule is CCC(C)NC(=O)C1(C(=O)N2CCN(c3ccccc3)CC2)CC1. The number of benzene rings is 1. The molecule has 1 atom stereocenters. The third-order valence-corrected chi connectivity index (χ3v) is 5.27. The maximum Gasteiger partial charge on any atom is 0.238 e. The monoisotopic (exact) mass is 329 g/mol. The molecule has 1 aliphatic heterocycles. The fraction of sp³-hybridized carbons (Fsp3) is 0.579. The first-order valence-corrected chi connectivity index (χ1v) is 8.97. The van der Waals surface area contributed by atoms with Crippen molar-refractivity contribution in [2.24, 2.45) is 5.41 Å². The van der Waals surface area contributed by atoms with Crippen molar-refractivity contribution in [2.45, 2.75) is 39.2 Å². The summed E-state index contributed by atoms with van der Waals surface area (Å²) in [6, 6.07) is 10.4. The number of carbonyl (C=O) groups is 2. The summed E-state index contributed by atoms with van der Waals surface area (Å²) < 4.78 is 0. The standard InChI is InChI=1S/C19H27N3O2/c1-3-15(2)20-17(23)19(9-10-19)18(24)22-13-11-21(12-14-22)16-7-5-4-6-8-16/h4-8,15H,3,9-14H2,1-2H3,(H,20,23). The van der Waals surface area contributed by atoms with Crippen molar-refractivity contribution in [2.75, 3.05) is 31.1 Å². The minimum absolute atomic E-state index is 0.0241. The zero-order valence-corrected chi connectivity index (χ0v) is 14.6. The fourth-order valence-electron chi connectivity index (χ4n) is 3.24. The maximum absolute atomic E-state index is 12.9. The normalized spacial score (nSPS) is 20.4. The number of carbonyl (C=O) groups excluding carboxylic acids is 2. The van der Waals surface area contributed by atoms with Crippen LogP contribution < -0.4 is 10.2 Å². The van der Waals surface area contributed by atoms with Crippen LogP contribution in [0.5, 0.6) is 0 Å². The van der Waals surface area contributed by atoms with Crippen molar-refractivity contribution in [3.63, 3.8) is 0 Å². The Balaban J connectivity index is 1.58. The Morgan fingerprint density at radius 3 is 2.29 bits per heavy atom. The van der Waals surface area contributed by atoms with Crippen molar-refractivity contribution in [3.05, 3.63) is 30.3 Å². The molecule has 3 rings (SSSR count). The molecule has 1 saturated carbocycles. The van der Waals surface area contributed by atoms with Crippen LogP contribution >= 0.6 is 0 Å². The van der Waals surface area contributed by atoms with Crippen LogP contribution in [0.2, 0.25) is 0 Å². The molecular weight excluding hydrogens is 302 g/mol. The lowest BCUT2D eigenvalue weighted by Crippen LogP contribution is -2.53. The van der Waals surface area contributed by atoms with Crippen molar-refractivity contribution in [1.82, 2.24) is 10.2 Å². The van der Waals surface area contributed by atoms with Crippen LogP contribution in [0.3, 0.4) is 0 Å². The summed E-state index contributed by atoms with van der Waals surface area (Å²) >= 11 is 0. The Kier molecular flexibility index (Phi) is 4.78. The van der Waals surface area contributed by atoms with Gasteiger partial charge < -0.3 is 15.1 Å². The summed E-state index contributed by atoms with van der Waals surface area (Å²) in [5.41, 5.74) is 0.415. The van der Waals surface area contributed by atoms with Gasteiger partial charge >= 0.3 is 0 Å². The molecule has 5 heteroatoms. The average molecular weight is 329 g/mol. The third kappa shape index (κ3) is 3.25. The molecule has 1 aliphatic carbocycles. The first-order valence-electron chi connectivity index (χ1n) is 8.97. The van der Waals surface area contributed by atoms with Gasteiger partial charge in [-0.3, -0.25) is 9.59 Å². The number of hydrogen-bond acceptors (Lipinski definition) is 3. The summed E-state index contributed by atoms with van der Waals surface area (Å²) in [6.45, 7) is 7.03. The van der Waals surface area contributed by atoms with Crippen LogP contribution in [0, 0.1) is 5.41 Å². The van der Waals surface area contributed by atoms with Crippen molar-refractivity contribution in [1.29, 1.82) is 0 Å². The molecule has 0 aromatic heterocycles. The molecule has 1 heterocycles. The fourth-order valence-corrected chi connectivity index (χ4v) is 3.24. The molecule has 1 aromatic carbocycles. The number of hydrogen-bond donors (Lipinski definition) is 1. The van der Waals surface area contributed by atoms with E-state index in [1.165, 1.54) is 5.69 Å². The van der Waals surface area contributed by atoms with Gasteiger partial charge in [-0.1, -0.05) is 25.1 Å². The van der Waals surface area contributed by atoms with Crippen LogP contribution in [0.1, 0.15) is 33.1 Å². The summed E-state index contributed by atoms with van der Waals surface area (Å²) in [7, 11) is 0. The van der Waals surface area contributed by atoms with E-state index in [2.05, 4.69) is 22.3 Å². The van der Waals surface area contributed by atoms with Crippen LogP contribution in [-0.4, -0.2) is 48.9 Å². The van der Waals surface area contributed by atoms with Gasteiger partial charge in [-0.05, 0) is 38.3 Å². The second-order valence-electron chi connectivity index (χ2n) is 6.98. The number of nitrogens with zero attached hydrogens (tertiary/aromatic N) is 2. The smallest absolute Gasteiger partial charge is 0.238 e. The lowest BCUT2D eigenvalue weighted by atomic mass is 10.0. The highest BCUT2D eigenvalue weighted by Crippen LogP contribution is 2.47. The van der Waals surface area contributed by atoms with Crippen LogP contribution in [-0.2, 0) is 9.59 Å². The summed E-state index contributed by atoms with van der Waals surface area (Å²) in [5.74, 6) is -0.0525. The second kappa shape index (κ2) is 6.83. The number of nitrogens with one attached hydrogen (secondary N) is 1. The Hall–Kier alpha value is -2.04. The van der Waals surface area contributed by atoms with Crippen LogP contribution in [0.25, 0.3) is 0 Å². The van der Waals surface area contributed by atoms with Crippen LogP contribution in [0.4, 0.5) is 5.69 Å². The number of anilines is 1. The predicted octanol–water partition coefficient (Wildman–Crippen LogP) is 2.03. The zero-order valence-electron chi connectivity index (χ0n) is 14.6. The maximum atomic E-state index is 12.9. The molecule has 130 valence electrons. The number of amides is 2. The number of piperazine rings is 1. The van der Waals surface area contributed by atoms with Gasteiger partial charge in [0.2, 0.25) is 11.8 Å². The highest BCUT2D eigenvalue weighted by Gasteiger charge is 2.58. The minimum Gasteiger partial charge on any atom is -0.368 e. The van der Waals surface area contributed by atoms with Gasteiger partial charge in [-0.15, -0.1) is 0 Å². The molecule has 2 amide bonds. The molecule has 0 bridgehead atoms. The summed E-state index contributed by atoms with van der Waals surface area (Å²) in [6.07, 6.45) is 2.26. The molecule has 0 spiro atoms. The van der Waals surface area contributed by atoms with E-state index >= 15 is 0 Å². The third-order valence-electron chi connectivity index (χ3n) is 5.27. The molecule has 1 saturated heterocycles. The van der Waals surface area contributed by atoms with Crippen LogP contribution in [0.15, 0.2) is 30.3 Å². The van der Waals surface area contributed by atoms with Gasteiger partial charge in [0.1, 0.15) is 5.41 Å². The van der Waals surface area contributed by atoms with Gasteiger partial charge in [-0.2, -0.15) is 0 Å². The Bertz CT molecular complexity index is 590. The highest BCUT2D eigenvalue weighted by molar-refractivity contribution is 6.08. The largest absolute Gasteiger partial charge is 0.368 e. The second-order valence-corrected chi connectivity index (χ2v) is 6.98.